The Balaban J connectivity index is 2.19. The van der Waals surface area contributed by atoms with Crippen LogP contribution in [0.5, 0.6) is 11.5 Å². The van der Waals surface area contributed by atoms with Crippen molar-refractivity contribution in [3.63, 3.8) is 0 Å². The fourth-order valence-electron chi connectivity index (χ4n) is 2.00. The number of carboxylic acid groups (broad SMARTS) is 1. The topological polar surface area (TPSA) is 55.8 Å². The van der Waals surface area contributed by atoms with Crippen molar-refractivity contribution in [2.75, 3.05) is 7.11 Å². The summed E-state index contributed by atoms with van der Waals surface area (Å²) in [6.45, 7) is 2.46. The van der Waals surface area contributed by atoms with Crippen molar-refractivity contribution < 1.29 is 19.4 Å². The lowest BCUT2D eigenvalue weighted by atomic mass is 10.1. The number of aryl methyl sites for hydroxylation is 1. The van der Waals surface area contributed by atoms with Gasteiger partial charge in [0.2, 0.25) is 0 Å². The second-order valence-electron chi connectivity index (χ2n) is 4.80. The lowest BCUT2D eigenvalue weighted by molar-refractivity contribution is -0.131. The fraction of sp³-hybridized carbons (Fsp3) is 0.167. The molecule has 0 radical (unpaired) electrons. The van der Waals surface area contributed by atoms with Gasteiger partial charge in [0.15, 0.2) is 11.5 Å². The van der Waals surface area contributed by atoms with Gasteiger partial charge in [0.05, 0.1) is 7.11 Å². The Kier molecular flexibility index (Phi) is 5.20. The normalized spacial score (nSPS) is 10.6. The standard InChI is InChI=1S/C18H18O4/c1-13-5-3-4-6-15(13)12-22-17-11-14(8-10-18(19)20)7-9-16(17)21-2/h3-11H,12H2,1-2H3,(H,19,20). The number of carbonyl (C=O) groups is 1. The summed E-state index contributed by atoms with van der Waals surface area (Å²) < 4.78 is 11.1. The Morgan fingerprint density at radius 3 is 2.64 bits per heavy atom. The molecule has 4 heteroatoms. The van der Waals surface area contributed by atoms with Crippen LogP contribution in [-0.4, -0.2) is 18.2 Å². The van der Waals surface area contributed by atoms with Crippen molar-refractivity contribution in [2.24, 2.45) is 0 Å². The van der Waals surface area contributed by atoms with E-state index in [0.29, 0.717) is 18.1 Å². The SMILES string of the molecule is COc1ccc(C=CC(=O)O)cc1OCc1ccccc1C. The third-order valence-corrected chi connectivity index (χ3v) is 3.25. The van der Waals surface area contributed by atoms with Crippen molar-refractivity contribution in [1.82, 2.24) is 0 Å². The summed E-state index contributed by atoms with van der Waals surface area (Å²) in [6, 6.07) is 13.3. The van der Waals surface area contributed by atoms with E-state index < -0.39 is 5.97 Å². The van der Waals surface area contributed by atoms with Crippen molar-refractivity contribution in [3.05, 3.63) is 65.2 Å². The molecule has 2 aromatic carbocycles. The van der Waals surface area contributed by atoms with E-state index in [1.807, 2.05) is 31.2 Å². The first-order chi connectivity index (χ1) is 10.6. The van der Waals surface area contributed by atoms with Crippen LogP contribution < -0.4 is 9.47 Å². The van der Waals surface area contributed by atoms with Gasteiger partial charge in [0.25, 0.3) is 0 Å². The highest BCUT2D eigenvalue weighted by Crippen LogP contribution is 2.29. The van der Waals surface area contributed by atoms with Gasteiger partial charge in [-0.2, -0.15) is 0 Å². The predicted molar refractivity (Wildman–Crippen MR) is 85.2 cm³/mol. The van der Waals surface area contributed by atoms with E-state index >= 15 is 0 Å². The molecule has 0 unspecified atom stereocenters. The van der Waals surface area contributed by atoms with Crippen LogP contribution >= 0.6 is 0 Å². The van der Waals surface area contributed by atoms with Gasteiger partial charge >= 0.3 is 5.97 Å². The van der Waals surface area contributed by atoms with Gasteiger partial charge in [-0.1, -0.05) is 30.3 Å². The lowest BCUT2D eigenvalue weighted by Crippen LogP contribution is -1.99. The molecule has 0 fully saturated rings. The van der Waals surface area contributed by atoms with Crippen LogP contribution in [0, 0.1) is 6.92 Å². The number of hydrogen-bond donors (Lipinski definition) is 1. The van der Waals surface area contributed by atoms with Crippen LogP contribution in [0.3, 0.4) is 0 Å². The zero-order valence-electron chi connectivity index (χ0n) is 12.6. The molecule has 0 saturated carbocycles. The lowest BCUT2D eigenvalue weighted by Gasteiger charge is -2.12. The molecule has 114 valence electrons. The highest BCUT2D eigenvalue weighted by Gasteiger charge is 2.06. The molecule has 0 bridgehead atoms. The summed E-state index contributed by atoms with van der Waals surface area (Å²) in [7, 11) is 1.57. The molecule has 0 heterocycles. The Morgan fingerprint density at radius 1 is 1.18 bits per heavy atom. The largest absolute Gasteiger partial charge is 0.493 e. The first-order valence-electron chi connectivity index (χ1n) is 6.86. The Hall–Kier alpha value is -2.75. The number of rotatable bonds is 6. The van der Waals surface area contributed by atoms with Gasteiger partial charge in [0, 0.05) is 6.08 Å². The number of aliphatic carboxylic acids is 1. The monoisotopic (exact) mass is 298 g/mol. The number of carboxylic acids is 1. The molecule has 0 aliphatic heterocycles. The molecule has 0 atom stereocenters. The van der Waals surface area contributed by atoms with Crippen LogP contribution in [0.2, 0.25) is 0 Å². The maximum absolute atomic E-state index is 10.6. The molecule has 2 aromatic rings. The van der Waals surface area contributed by atoms with Gasteiger partial charge in [-0.05, 0) is 41.8 Å². The molecule has 0 amide bonds. The molecule has 0 saturated heterocycles. The van der Waals surface area contributed by atoms with Crippen LogP contribution in [0.15, 0.2) is 48.5 Å². The molecule has 0 aromatic heterocycles. The summed E-state index contributed by atoms with van der Waals surface area (Å²) in [6.07, 6.45) is 2.61. The molecule has 22 heavy (non-hydrogen) atoms. The molecule has 2 rings (SSSR count). The van der Waals surface area contributed by atoms with Gasteiger partial charge in [0.1, 0.15) is 6.61 Å². The molecule has 0 spiro atoms. The average Bonchev–Trinajstić information content (AvgIpc) is 2.52. The zero-order chi connectivity index (χ0) is 15.9. The summed E-state index contributed by atoms with van der Waals surface area (Å²) in [5, 5.41) is 8.68. The highest BCUT2D eigenvalue weighted by atomic mass is 16.5. The summed E-state index contributed by atoms with van der Waals surface area (Å²) in [5.74, 6) is 0.206. The van der Waals surface area contributed by atoms with Gasteiger partial charge < -0.3 is 14.6 Å². The van der Waals surface area contributed by atoms with E-state index in [4.69, 9.17) is 14.6 Å². The van der Waals surface area contributed by atoms with E-state index in [9.17, 15) is 4.79 Å². The Labute approximate surface area is 129 Å². The fourth-order valence-corrected chi connectivity index (χ4v) is 2.00. The van der Waals surface area contributed by atoms with E-state index in [2.05, 4.69) is 0 Å². The van der Waals surface area contributed by atoms with Gasteiger partial charge in [-0.3, -0.25) is 0 Å². The minimum absolute atomic E-state index is 0.426. The summed E-state index contributed by atoms with van der Waals surface area (Å²) >= 11 is 0. The zero-order valence-corrected chi connectivity index (χ0v) is 12.6. The summed E-state index contributed by atoms with van der Waals surface area (Å²) in [5.41, 5.74) is 2.99. The third-order valence-electron chi connectivity index (χ3n) is 3.25. The smallest absolute Gasteiger partial charge is 0.328 e. The summed E-state index contributed by atoms with van der Waals surface area (Å²) in [4.78, 5) is 10.6. The first kappa shape index (κ1) is 15.6. The number of hydrogen-bond acceptors (Lipinski definition) is 3. The molecular formula is C18H18O4. The molecule has 4 nitrogen and oxygen atoms in total. The Morgan fingerprint density at radius 2 is 1.95 bits per heavy atom. The molecule has 1 N–H and O–H groups in total. The molecule has 0 aliphatic carbocycles. The minimum atomic E-state index is -0.988. The minimum Gasteiger partial charge on any atom is -0.493 e. The molecule has 0 aliphatic rings. The molecular weight excluding hydrogens is 280 g/mol. The first-order valence-corrected chi connectivity index (χ1v) is 6.86. The maximum Gasteiger partial charge on any atom is 0.328 e. The van der Waals surface area contributed by atoms with Gasteiger partial charge in [-0.25, -0.2) is 4.79 Å². The van der Waals surface area contributed by atoms with E-state index in [1.165, 1.54) is 6.08 Å². The second kappa shape index (κ2) is 7.31. The second-order valence-corrected chi connectivity index (χ2v) is 4.80. The average molecular weight is 298 g/mol. The third kappa shape index (κ3) is 4.12. The van der Waals surface area contributed by atoms with Crippen molar-refractivity contribution in [3.8, 4) is 11.5 Å². The van der Waals surface area contributed by atoms with Crippen LogP contribution in [0.1, 0.15) is 16.7 Å². The van der Waals surface area contributed by atoms with E-state index in [-0.39, 0.29) is 0 Å². The highest BCUT2D eigenvalue weighted by molar-refractivity contribution is 5.85. The van der Waals surface area contributed by atoms with Crippen molar-refractivity contribution >= 4 is 12.0 Å². The quantitative estimate of drug-likeness (QED) is 0.827. The van der Waals surface area contributed by atoms with Crippen molar-refractivity contribution in [2.45, 2.75) is 13.5 Å². The number of ether oxygens (including phenoxy) is 2. The van der Waals surface area contributed by atoms with Crippen LogP contribution in [0.4, 0.5) is 0 Å². The maximum atomic E-state index is 10.6. The Bertz CT molecular complexity index is 689. The van der Waals surface area contributed by atoms with E-state index in [0.717, 1.165) is 22.8 Å². The van der Waals surface area contributed by atoms with Crippen molar-refractivity contribution in [1.29, 1.82) is 0 Å². The predicted octanol–water partition coefficient (Wildman–Crippen LogP) is 3.68. The van der Waals surface area contributed by atoms with Crippen LogP contribution in [0.25, 0.3) is 6.08 Å². The van der Waals surface area contributed by atoms with Gasteiger partial charge in [-0.15, -0.1) is 0 Å². The van der Waals surface area contributed by atoms with Crippen LogP contribution in [-0.2, 0) is 11.4 Å². The van der Waals surface area contributed by atoms with E-state index in [1.54, 1.807) is 25.3 Å². The number of benzene rings is 2. The number of methoxy groups -OCH3 is 1.